The van der Waals surface area contributed by atoms with Crippen LogP contribution in [0.5, 0.6) is 0 Å². The van der Waals surface area contributed by atoms with Crippen LogP contribution >= 0.6 is 0 Å². The van der Waals surface area contributed by atoms with E-state index in [9.17, 15) is 19.2 Å². The van der Waals surface area contributed by atoms with Crippen molar-refractivity contribution in [2.24, 2.45) is 0 Å². The van der Waals surface area contributed by atoms with Crippen molar-refractivity contribution in [3.63, 3.8) is 0 Å². The molecule has 9 rings (SSSR count). The van der Waals surface area contributed by atoms with Crippen molar-refractivity contribution in [1.82, 2.24) is 55.1 Å². The van der Waals surface area contributed by atoms with E-state index in [0.717, 1.165) is 47.5 Å². The summed E-state index contributed by atoms with van der Waals surface area (Å²) in [6, 6.07) is 22.2. The predicted molar refractivity (Wildman–Crippen MR) is 220 cm³/mol. The van der Waals surface area contributed by atoms with E-state index >= 15 is 0 Å². The van der Waals surface area contributed by atoms with E-state index in [2.05, 4.69) is 43.8 Å². The van der Waals surface area contributed by atoms with Gasteiger partial charge in [0.05, 0.1) is 50.9 Å². The van der Waals surface area contributed by atoms with Crippen LogP contribution in [0.3, 0.4) is 0 Å². The third kappa shape index (κ3) is 7.81. The van der Waals surface area contributed by atoms with E-state index in [1.54, 1.807) is 34.3 Å². The lowest BCUT2D eigenvalue weighted by Gasteiger charge is -2.28. The number of imidazole rings is 2. The van der Waals surface area contributed by atoms with Gasteiger partial charge < -0.3 is 39.9 Å². The summed E-state index contributed by atoms with van der Waals surface area (Å²) in [6.45, 7) is 1.61. The minimum atomic E-state index is -0.910. The molecule has 3 aromatic heterocycles. The molecule has 0 unspecified atom stereocenters. The Morgan fingerprint density at radius 2 is 1.25 bits per heavy atom. The number of hydrogen-bond donors (Lipinski definition) is 4. The molecule has 3 aliphatic rings. The first kappa shape index (κ1) is 39.2. The molecule has 0 spiro atoms. The molecule has 61 heavy (non-hydrogen) atoms. The van der Waals surface area contributed by atoms with Gasteiger partial charge in [0.2, 0.25) is 0 Å². The lowest BCUT2D eigenvalue weighted by Crippen LogP contribution is -2.42. The van der Waals surface area contributed by atoms with Crippen molar-refractivity contribution in [3.8, 4) is 22.8 Å². The Hall–Kier alpha value is -7.30. The number of ether oxygens (including phenoxy) is 2. The summed E-state index contributed by atoms with van der Waals surface area (Å²) in [5.74, 6) is 2.17. The zero-order valence-corrected chi connectivity index (χ0v) is 33.7. The van der Waals surface area contributed by atoms with Gasteiger partial charge in [-0.1, -0.05) is 72.8 Å². The van der Waals surface area contributed by atoms with E-state index in [4.69, 9.17) is 24.5 Å². The van der Waals surface area contributed by atoms with E-state index < -0.39 is 24.3 Å². The highest BCUT2D eigenvalue weighted by molar-refractivity contribution is 5.88. The third-order valence-electron chi connectivity index (χ3n) is 11.7. The van der Waals surface area contributed by atoms with Crippen molar-refractivity contribution in [3.05, 3.63) is 131 Å². The van der Waals surface area contributed by atoms with Gasteiger partial charge in [-0.25, -0.2) is 29.2 Å². The molecule has 17 heteroatoms. The molecule has 0 radical (unpaired) electrons. The summed E-state index contributed by atoms with van der Waals surface area (Å²) in [5.41, 5.74) is 6.02. The molecule has 2 fully saturated rings. The van der Waals surface area contributed by atoms with Gasteiger partial charge in [-0.2, -0.15) is 0 Å². The standard InChI is InChI=1S/C44H45N11O6/c1-60-43(58)50-36(26-11-5-3-6-12-26)41(56)53-19-9-15-33(53)39-45-23-31(47-39)28-17-18-29-25-55-35(22-30(29)21-28)49-38(52-55)32-24-46-40(48-32)34-16-10-20-54(34)42(57)37(51-44(59)61-2)27-13-7-4-8-14-27/h3-8,11-14,17-18,21,23-24,33-34,36-37H,9-10,15-16,19-20,22,25H2,1-2H3,(H,45,47)(H,46,48)(H,50,58)(H,51,59)/t33-,34+,36+,37-/m0/s1. The van der Waals surface area contributed by atoms with E-state index in [0.29, 0.717) is 66.8 Å². The van der Waals surface area contributed by atoms with Crippen molar-refractivity contribution in [2.75, 3.05) is 27.3 Å². The second-order valence-corrected chi connectivity index (χ2v) is 15.4. The molecular weight excluding hydrogens is 779 g/mol. The Labute approximate surface area is 350 Å². The summed E-state index contributed by atoms with van der Waals surface area (Å²) in [5, 5.41) is 10.3. The molecule has 17 nitrogen and oxygen atoms in total. The van der Waals surface area contributed by atoms with E-state index in [1.165, 1.54) is 14.2 Å². The summed E-state index contributed by atoms with van der Waals surface area (Å²) in [4.78, 5) is 77.2. The molecule has 0 saturated carbocycles. The number of aromatic amines is 2. The lowest BCUT2D eigenvalue weighted by atomic mass is 9.97. The Morgan fingerprint density at radius 3 is 1.80 bits per heavy atom. The number of aromatic nitrogens is 7. The van der Waals surface area contributed by atoms with Crippen LogP contribution in [0.2, 0.25) is 0 Å². The summed E-state index contributed by atoms with van der Waals surface area (Å²) in [6.07, 6.45) is 5.74. The fourth-order valence-corrected chi connectivity index (χ4v) is 8.64. The van der Waals surface area contributed by atoms with Crippen LogP contribution in [0.1, 0.15) is 89.6 Å². The maximum atomic E-state index is 14.0. The lowest BCUT2D eigenvalue weighted by molar-refractivity contribution is -0.135. The SMILES string of the molecule is COC(=O)N[C@H](C(=O)N1CCC[C@@H]1c1ncc(-c2nc3n(n2)Cc2ccc(-c4cnc([C@@H]5CCCN5C(=O)[C@H](NC(=O)OC)c5ccccc5)[nH]4)cc2C3)[nH]1)c1ccccc1. The van der Waals surface area contributed by atoms with Gasteiger partial charge in [0.15, 0.2) is 5.82 Å². The molecule has 0 aliphatic carbocycles. The zero-order chi connectivity index (χ0) is 42.0. The predicted octanol–water partition coefficient (Wildman–Crippen LogP) is 5.53. The highest BCUT2D eigenvalue weighted by atomic mass is 16.5. The maximum absolute atomic E-state index is 14.0. The summed E-state index contributed by atoms with van der Waals surface area (Å²) >= 11 is 0. The molecule has 3 aliphatic heterocycles. The second kappa shape index (κ2) is 16.8. The Balaban J connectivity index is 0.892. The quantitative estimate of drug-likeness (QED) is 0.136. The molecule has 3 aromatic carbocycles. The van der Waals surface area contributed by atoms with Crippen LogP contribution in [0.15, 0.2) is 91.3 Å². The smallest absolute Gasteiger partial charge is 0.407 e. The van der Waals surface area contributed by atoms with Crippen LogP contribution in [-0.4, -0.2) is 95.8 Å². The Kier molecular flexibility index (Phi) is 10.8. The molecule has 6 heterocycles. The number of benzene rings is 3. The largest absolute Gasteiger partial charge is 0.453 e. The molecule has 0 bridgehead atoms. The molecule has 312 valence electrons. The normalized spacial score (nSPS) is 17.9. The number of rotatable bonds is 10. The monoisotopic (exact) mass is 823 g/mol. The average molecular weight is 824 g/mol. The molecule has 4 amide bonds. The van der Waals surface area contributed by atoms with Gasteiger partial charge in [0, 0.05) is 19.5 Å². The number of carbonyl (C=O) groups excluding carboxylic acids is 4. The second-order valence-electron chi connectivity index (χ2n) is 15.4. The number of alkyl carbamates (subject to hydrolysis) is 2. The number of amides is 4. The Bertz CT molecular complexity index is 2570. The highest BCUT2D eigenvalue weighted by Crippen LogP contribution is 2.36. The first-order valence-electron chi connectivity index (χ1n) is 20.3. The minimum absolute atomic E-state index is 0.224. The van der Waals surface area contributed by atoms with E-state index in [1.807, 2.05) is 53.2 Å². The van der Waals surface area contributed by atoms with Crippen LogP contribution in [0, 0.1) is 0 Å². The van der Waals surface area contributed by atoms with Crippen molar-refractivity contribution < 1.29 is 28.7 Å². The van der Waals surface area contributed by atoms with Crippen molar-refractivity contribution in [1.29, 1.82) is 0 Å². The van der Waals surface area contributed by atoms with Gasteiger partial charge in [0.1, 0.15) is 35.3 Å². The number of fused-ring (bicyclic) bond motifs is 2. The fourth-order valence-electron chi connectivity index (χ4n) is 8.64. The number of hydrogen-bond acceptors (Lipinski definition) is 10. The molecule has 2 saturated heterocycles. The minimum Gasteiger partial charge on any atom is -0.453 e. The number of likely N-dealkylation sites (tertiary alicyclic amines) is 2. The number of nitrogens with zero attached hydrogens (tertiary/aromatic N) is 7. The number of methoxy groups -OCH3 is 2. The zero-order valence-electron chi connectivity index (χ0n) is 33.7. The van der Waals surface area contributed by atoms with Crippen LogP contribution in [0.25, 0.3) is 22.8 Å². The van der Waals surface area contributed by atoms with Gasteiger partial charge in [-0.15, -0.1) is 5.10 Å². The van der Waals surface area contributed by atoms with Crippen LogP contribution < -0.4 is 10.6 Å². The van der Waals surface area contributed by atoms with E-state index in [-0.39, 0.29) is 23.9 Å². The maximum Gasteiger partial charge on any atom is 0.407 e. The average Bonchev–Trinajstić information content (AvgIpc) is 4.15. The summed E-state index contributed by atoms with van der Waals surface area (Å²) in [7, 11) is 2.55. The fraction of sp³-hybridized carbons (Fsp3) is 0.318. The third-order valence-corrected chi connectivity index (χ3v) is 11.7. The number of nitrogens with one attached hydrogen (secondary N) is 4. The highest BCUT2D eigenvalue weighted by Gasteiger charge is 2.39. The topological polar surface area (TPSA) is 205 Å². The Morgan fingerprint density at radius 1 is 0.705 bits per heavy atom. The first-order valence-corrected chi connectivity index (χ1v) is 20.3. The van der Waals surface area contributed by atoms with Crippen LogP contribution in [0.4, 0.5) is 9.59 Å². The molecule has 4 atom stereocenters. The number of H-pyrrole nitrogens is 2. The summed E-state index contributed by atoms with van der Waals surface area (Å²) < 4.78 is 11.6. The van der Waals surface area contributed by atoms with Gasteiger partial charge in [-0.3, -0.25) is 9.59 Å². The molecule has 4 N–H and O–H groups in total. The van der Waals surface area contributed by atoms with Gasteiger partial charge >= 0.3 is 12.2 Å². The first-order chi connectivity index (χ1) is 29.8. The van der Waals surface area contributed by atoms with Crippen molar-refractivity contribution in [2.45, 2.75) is 62.8 Å². The van der Waals surface area contributed by atoms with Gasteiger partial charge in [0.25, 0.3) is 11.8 Å². The molecule has 6 aromatic rings. The van der Waals surface area contributed by atoms with Gasteiger partial charge in [-0.05, 0) is 59.6 Å². The number of carbonyl (C=O) groups is 4. The molecular formula is C44H45N11O6. The van der Waals surface area contributed by atoms with Crippen molar-refractivity contribution >= 4 is 24.0 Å². The van der Waals surface area contributed by atoms with Crippen LogP contribution in [-0.2, 0) is 32.0 Å².